The molecule has 0 aliphatic heterocycles. The maximum absolute atomic E-state index is 10.8. The molecule has 0 radical (unpaired) electrons. The van der Waals surface area contributed by atoms with Crippen molar-refractivity contribution in [1.29, 1.82) is 0 Å². The highest BCUT2D eigenvalue weighted by Crippen LogP contribution is 2.40. The van der Waals surface area contributed by atoms with Crippen LogP contribution >= 0.6 is 0 Å². The molecule has 2 atom stereocenters. The van der Waals surface area contributed by atoms with E-state index in [0.29, 0.717) is 5.92 Å². The summed E-state index contributed by atoms with van der Waals surface area (Å²) in [4.78, 5) is 20.7. The van der Waals surface area contributed by atoms with Crippen LogP contribution in [0.2, 0.25) is 6.04 Å². The van der Waals surface area contributed by atoms with Crippen molar-refractivity contribution in [3.63, 3.8) is 0 Å². The Balaban J connectivity index is 2.09. The Bertz CT molecular complexity index is 240. The van der Waals surface area contributed by atoms with E-state index in [-0.39, 0.29) is 5.92 Å². The number of amides is 1. The van der Waals surface area contributed by atoms with Crippen molar-refractivity contribution < 1.29 is 4.79 Å². The van der Waals surface area contributed by atoms with Crippen LogP contribution in [0.5, 0.6) is 0 Å². The summed E-state index contributed by atoms with van der Waals surface area (Å²) in [6.45, 7) is 0. The molecule has 0 aromatic heterocycles. The summed E-state index contributed by atoms with van der Waals surface area (Å²) in [5, 5.41) is 2.44. The van der Waals surface area contributed by atoms with Gasteiger partial charge in [0.1, 0.15) is 0 Å². The quantitative estimate of drug-likeness (QED) is 0.289. The summed E-state index contributed by atoms with van der Waals surface area (Å²) in [6.07, 6.45) is 8.70. The van der Waals surface area contributed by atoms with Gasteiger partial charge >= 0.3 is 0 Å². The molecule has 0 saturated heterocycles. The smallest absolute Gasteiger partial charge is 0.269 e. The molecule has 0 aromatic rings. The van der Waals surface area contributed by atoms with Crippen LogP contribution in [0.15, 0.2) is 17.3 Å². The van der Waals surface area contributed by atoms with E-state index in [9.17, 15) is 9.70 Å². The zero-order chi connectivity index (χ0) is 10.4. The molecule has 1 fully saturated rings. The predicted octanol–water partition coefficient (Wildman–Crippen LogP) is 1.43. The van der Waals surface area contributed by atoms with Crippen LogP contribution in [0.1, 0.15) is 25.7 Å². The highest BCUT2D eigenvalue weighted by Gasteiger charge is 2.41. The molecule has 1 aliphatic rings. The maximum atomic E-state index is 10.8. The van der Waals surface area contributed by atoms with Gasteiger partial charge in [-0.3, -0.25) is 4.79 Å². The molecule has 78 valence electrons. The van der Waals surface area contributed by atoms with E-state index in [2.05, 4.69) is 17.3 Å². The van der Waals surface area contributed by atoms with Gasteiger partial charge in [0.15, 0.2) is 0 Å². The molecule has 0 unspecified atom stereocenters. The molecule has 3 nitrogen and oxygen atoms in total. The lowest BCUT2D eigenvalue weighted by molar-refractivity contribution is -0.119. The lowest BCUT2D eigenvalue weighted by atomic mass is 10.2. The molecule has 1 amide bonds. The first-order valence-electron chi connectivity index (χ1n) is 5.33. The van der Waals surface area contributed by atoms with E-state index in [0.717, 1.165) is 12.8 Å². The van der Waals surface area contributed by atoms with Crippen LogP contribution in [0.25, 0.3) is 0 Å². The molecule has 4 heteroatoms. The monoisotopic (exact) mass is 211 g/mol. The molecular weight excluding hydrogens is 194 g/mol. The van der Waals surface area contributed by atoms with Crippen molar-refractivity contribution in [2.24, 2.45) is 17.0 Å². The molecule has 1 aliphatic carbocycles. The van der Waals surface area contributed by atoms with Crippen molar-refractivity contribution in [2.75, 3.05) is 0 Å². The number of nitrogens with zero attached hydrogens (tertiary/aromatic N) is 1. The number of carbonyl (C=O) groups excluding carboxylic acids is 1. The average molecular weight is 211 g/mol. The fraction of sp³-hybridized carbons (Fsp3) is 0.700. The van der Waals surface area contributed by atoms with Crippen molar-refractivity contribution >= 4 is 16.1 Å². The average Bonchev–Trinajstić information content (AvgIpc) is 2.96. The van der Waals surface area contributed by atoms with Gasteiger partial charge < -0.3 is 0 Å². The predicted molar refractivity (Wildman–Crippen MR) is 60.1 cm³/mol. The summed E-state index contributed by atoms with van der Waals surface area (Å²) in [5.74, 6) is -0.266. The Morgan fingerprint density at radius 3 is 2.93 bits per heavy atom. The number of hydrogen-bond acceptors (Lipinski definition) is 2. The number of unbranched alkanes of at least 4 members (excludes halogenated alkanes) is 2. The zero-order valence-corrected chi connectivity index (χ0v) is 10.6. The summed E-state index contributed by atoms with van der Waals surface area (Å²) in [5.41, 5.74) is 0. The second-order valence-electron chi connectivity index (χ2n) is 3.86. The van der Waals surface area contributed by atoms with E-state index >= 15 is 0 Å². The van der Waals surface area contributed by atoms with Crippen LogP contribution in [0, 0.1) is 16.7 Å². The van der Waals surface area contributed by atoms with E-state index in [1.54, 1.807) is 0 Å². The lowest BCUT2D eigenvalue weighted by Gasteiger charge is -1.91. The number of rotatable bonds is 6. The standard InChI is InChI=1S/C10H17NO2Si/c12-10(11-13)9-7-8(9)5-3-1-2-4-6-14/h3,5,8-9H,1-2,4,6-7H2,14H3/b5-3-/t8-,9+/m1/s1. The van der Waals surface area contributed by atoms with E-state index in [4.69, 9.17) is 0 Å². The third-order valence-electron chi connectivity index (χ3n) is 2.60. The Morgan fingerprint density at radius 1 is 1.50 bits per heavy atom. The van der Waals surface area contributed by atoms with Gasteiger partial charge in [0.25, 0.3) is 5.91 Å². The molecule has 0 aromatic carbocycles. The first-order valence-corrected chi connectivity index (χ1v) is 6.75. The Morgan fingerprint density at radius 2 is 2.29 bits per heavy atom. The third-order valence-corrected chi connectivity index (χ3v) is 3.31. The fourth-order valence-corrected chi connectivity index (χ4v) is 2.06. The van der Waals surface area contributed by atoms with Gasteiger partial charge in [-0.2, -0.15) is 0 Å². The number of carbonyl (C=O) groups is 1. The van der Waals surface area contributed by atoms with Crippen molar-refractivity contribution in [3.05, 3.63) is 17.1 Å². The highest BCUT2D eigenvalue weighted by atomic mass is 28.1. The summed E-state index contributed by atoms with van der Waals surface area (Å²) in [7, 11) is 1.29. The molecule has 1 rings (SSSR count). The zero-order valence-electron chi connectivity index (χ0n) is 8.61. The SMILES string of the molecule is O=NC(=O)[C@H]1C[C@H]1/C=C\CCCC[SiH3]. The fourth-order valence-electron chi connectivity index (χ4n) is 1.56. The normalized spacial score (nSPS) is 25.4. The molecule has 0 bridgehead atoms. The minimum atomic E-state index is -0.473. The molecule has 0 N–H and O–H groups in total. The van der Waals surface area contributed by atoms with Gasteiger partial charge in [-0.25, -0.2) is 0 Å². The van der Waals surface area contributed by atoms with Crippen LogP contribution in [0.3, 0.4) is 0 Å². The Kier molecular flexibility index (Phi) is 4.73. The molecule has 0 heterocycles. The van der Waals surface area contributed by atoms with Crippen LogP contribution < -0.4 is 0 Å². The van der Waals surface area contributed by atoms with Gasteiger partial charge in [-0.1, -0.05) is 31.0 Å². The molecule has 14 heavy (non-hydrogen) atoms. The summed E-state index contributed by atoms with van der Waals surface area (Å²) >= 11 is 0. The highest BCUT2D eigenvalue weighted by molar-refractivity contribution is 6.08. The van der Waals surface area contributed by atoms with Crippen LogP contribution in [0.4, 0.5) is 0 Å². The van der Waals surface area contributed by atoms with Gasteiger partial charge in [0, 0.05) is 15.4 Å². The minimum Gasteiger partial charge on any atom is -0.269 e. The van der Waals surface area contributed by atoms with Gasteiger partial charge in [0.2, 0.25) is 0 Å². The third kappa shape index (κ3) is 3.53. The molecule has 1 saturated carbocycles. The second-order valence-corrected chi connectivity index (χ2v) is 4.86. The number of hydrogen-bond donors (Lipinski definition) is 0. The van der Waals surface area contributed by atoms with Crippen LogP contribution in [-0.4, -0.2) is 16.1 Å². The largest absolute Gasteiger partial charge is 0.290 e. The van der Waals surface area contributed by atoms with E-state index in [1.165, 1.54) is 29.1 Å². The minimum absolute atomic E-state index is 0.0951. The second kappa shape index (κ2) is 5.85. The maximum Gasteiger partial charge on any atom is 0.290 e. The lowest BCUT2D eigenvalue weighted by Crippen LogP contribution is -1.95. The van der Waals surface area contributed by atoms with E-state index in [1.807, 2.05) is 0 Å². The van der Waals surface area contributed by atoms with Gasteiger partial charge in [-0.05, 0) is 18.8 Å². The number of allylic oxidation sites excluding steroid dienone is 2. The van der Waals surface area contributed by atoms with Crippen molar-refractivity contribution in [1.82, 2.24) is 0 Å². The van der Waals surface area contributed by atoms with Crippen LogP contribution in [-0.2, 0) is 4.79 Å². The van der Waals surface area contributed by atoms with Gasteiger partial charge in [-0.15, -0.1) is 4.91 Å². The first kappa shape index (κ1) is 11.3. The Labute approximate surface area is 87.4 Å². The summed E-state index contributed by atoms with van der Waals surface area (Å²) < 4.78 is 0. The van der Waals surface area contributed by atoms with Gasteiger partial charge in [0.05, 0.1) is 5.92 Å². The van der Waals surface area contributed by atoms with E-state index < -0.39 is 5.91 Å². The first-order chi connectivity index (χ1) is 6.79. The Hall–Kier alpha value is -0.773. The number of nitroso groups, excluding NO2 is 1. The molecular formula is C10H17NO2Si. The topological polar surface area (TPSA) is 46.5 Å². The van der Waals surface area contributed by atoms with Crippen molar-refractivity contribution in [2.45, 2.75) is 31.7 Å². The summed E-state index contributed by atoms with van der Waals surface area (Å²) in [6, 6.07) is 1.37. The van der Waals surface area contributed by atoms with Crippen molar-refractivity contribution in [3.8, 4) is 0 Å². The molecule has 0 spiro atoms.